The predicted molar refractivity (Wildman–Crippen MR) is 205 cm³/mol. The highest BCUT2D eigenvalue weighted by atomic mass is 17.5. The zero-order valence-electron chi connectivity index (χ0n) is 34.9. The van der Waals surface area contributed by atoms with Crippen LogP contribution in [0.1, 0.15) is 107 Å². The Bertz CT molecular complexity index is 1880. The highest BCUT2D eigenvalue weighted by molar-refractivity contribution is 6.30. The van der Waals surface area contributed by atoms with Crippen LogP contribution in [0.15, 0.2) is 59.2 Å². The molecule has 1 unspecified atom stereocenters. The van der Waals surface area contributed by atoms with Crippen LogP contribution in [-0.4, -0.2) is 81.0 Å². The average Bonchev–Trinajstić information content (AvgIpc) is 3.60. The number of hydrogen-bond donors (Lipinski definition) is 0. The average molecular weight is 812 g/mol. The molecular weight excluding hydrogens is 758 g/mol. The van der Waals surface area contributed by atoms with Crippen molar-refractivity contribution in [2.45, 2.75) is 126 Å². The van der Waals surface area contributed by atoms with E-state index < -0.39 is 41.0 Å². The second-order valence-electron chi connectivity index (χ2n) is 16.9. The number of rotatable bonds is 16. The van der Waals surface area contributed by atoms with Crippen LogP contribution in [0.4, 0.5) is 5.69 Å². The first-order chi connectivity index (χ1) is 26.8. The fourth-order valence-corrected chi connectivity index (χ4v) is 6.16. The second kappa shape index (κ2) is 19.4. The summed E-state index contributed by atoms with van der Waals surface area (Å²) in [6, 6.07) is 5.28. The van der Waals surface area contributed by atoms with Crippen molar-refractivity contribution >= 4 is 53.1 Å². The van der Waals surface area contributed by atoms with E-state index in [4.69, 9.17) is 9.78 Å². The zero-order valence-corrected chi connectivity index (χ0v) is 34.9. The maximum absolute atomic E-state index is 12.5. The van der Waals surface area contributed by atoms with Crippen molar-refractivity contribution in [3.63, 3.8) is 0 Å². The van der Waals surface area contributed by atoms with Crippen molar-refractivity contribution in [1.82, 2.24) is 9.80 Å². The molecule has 3 aliphatic heterocycles. The molecule has 58 heavy (non-hydrogen) atoms. The van der Waals surface area contributed by atoms with Gasteiger partial charge in [0.05, 0.1) is 17.7 Å². The number of unbranched alkanes of at least 4 members (excludes halogenated alkanes) is 1. The Hall–Kier alpha value is -5.36. The van der Waals surface area contributed by atoms with Gasteiger partial charge in [-0.15, -0.1) is 0 Å². The molecule has 17 heteroatoms. The molecule has 0 aliphatic carbocycles. The normalized spacial score (nSPS) is 16.7. The monoisotopic (exact) mass is 811 g/mol. The van der Waals surface area contributed by atoms with Gasteiger partial charge in [0.1, 0.15) is 11.6 Å². The number of hydrogen-bond acceptors (Lipinski definition) is 14. The van der Waals surface area contributed by atoms with Crippen molar-refractivity contribution in [3.8, 4) is 0 Å². The third kappa shape index (κ3) is 13.6. The molecular formula is C41H53N3O14. The van der Waals surface area contributed by atoms with Crippen LogP contribution in [0.5, 0.6) is 0 Å². The minimum Gasteiger partial charge on any atom is -0.275 e. The van der Waals surface area contributed by atoms with Crippen molar-refractivity contribution in [2.75, 3.05) is 11.4 Å². The Morgan fingerprint density at radius 3 is 1.71 bits per heavy atom. The van der Waals surface area contributed by atoms with E-state index in [0.29, 0.717) is 41.7 Å². The van der Waals surface area contributed by atoms with Crippen LogP contribution in [0.3, 0.4) is 0 Å². The summed E-state index contributed by atoms with van der Waals surface area (Å²) in [7, 11) is 0. The summed E-state index contributed by atoms with van der Waals surface area (Å²) < 4.78 is 0. The molecule has 316 valence electrons. The van der Waals surface area contributed by atoms with Gasteiger partial charge < -0.3 is 0 Å². The third-order valence-corrected chi connectivity index (χ3v) is 8.40. The number of imide groups is 3. The molecule has 0 radical (unpaired) electrons. The van der Waals surface area contributed by atoms with Gasteiger partial charge in [-0.1, -0.05) is 32.9 Å². The van der Waals surface area contributed by atoms with E-state index in [0.717, 1.165) is 20.8 Å². The molecule has 0 saturated heterocycles. The van der Waals surface area contributed by atoms with Crippen molar-refractivity contribution in [3.05, 3.63) is 64.8 Å². The van der Waals surface area contributed by atoms with E-state index in [1.807, 2.05) is 13.8 Å². The van der Waals surface area contributed by atoms with Gasteiger partial charge >= 0.3 is 11.9 Å². The minimum absolute atomic E-state index is 0.0325. The summed E-state index contributed by atoms with van der Waals surface area (Å²) in [5.41, 5.74) is 0.745. The van der Waals surface area contributed by atoms with E-state index in [-0.39, 0.29) is 54.0 Å². The lowest BCUT2D eigenvalue weighted by Gasteiger charge is -2.29. The number of carbonyl (C=O) groups excluding carboxylic acids is 8. The highest BCUT2D eigenvalue weighted by Gasteiger charge is 2.40. The van der Waals surface area contributed by atoms with Gasteiger partial charge in [0, 0.05) is 41.5 Å². The molecule has 0 N–H and O–H groups in total. The molecule has 0 fully saturated rings. The standard InChI is InChI=1S/C21H27NO6.C20H26N2O8/c1-14-11-17(23)22(19(14)25)16-9-7-15(8-10-16)12-18(24)26-28-27-21(5,6)13-20(2,3)4;1-12-10-15(23)21(17(12)25)9-7-6-8-14(19(27)28-30-29-20(3,4)5)22-16(24)11-13(2)18(22)26/h7-11H,12-13H2,1-6H3;10-11,14H,6-9H2,1-5H3. The van der Waals surface area contributed by atoms with E-state index in [9.17, 15) is 38.4 Å². The Morgan fingerprint density at radius 2 is 1.21 bits per heavy atom. The van der Waals surface area contributed by atoms with Crippen molar-refractivity contribution in [1.29, 1.82) is 0 Å². The maximum atomic E-state index is 12.5. The Morgan fingerprint density at radius 1 is 0.655 bits per heavy atom. The lowest BCUT2D eigenvalue weighted by molar-refractivity contribution is -0.518. The number of anilines is 1. The Kier molecular flexibility index (Phi) is 15.7. The Balaban J connectivity index is 0.000000311. The van der Waals surface area contributed by atoms with Gasteiger partial charge in [0.2, 0.25) is 0 Å². The highest BCUT2D eigenvalue weighted by Crippen LogP contribution is 2.30. The summed E-state index contributed by atoms with van der Waals surface area (Å²) in [5.74, 6) is -4.26. The van der Waals surface area contributed by atoms with E-state index in [1.54, 1.807) is 58.9 Å². The van der Waals surface area contributed by atoms with Gasteiger partial charge in [-0.2, -0.15) is 9.78 Å². The molecule has 3 aliphatic rings. The quantitative estimate of drug-likeness (QED) is 0.0931. The first-order valence-electron chi connectivity index (χ1n) is 18.7. The largest absolute Gasteiger partial charge is 0.368 e. The van der Waals surface area contributed by atoms with Gasteiger partial charge in [0.25, 0.3) is 35.4 Å². The predicted octanol–water partition coefficient (Wildman–Crippen LogP) is 5.03. The number of nitrogens with zero attached hydrogens (tertiary/aromatic N) is 3. The van der Waals surface area contributed by atoms with Crippen molar-refractivity contribution < 1.29 is 68.0 Å². The maximum Gasteiger partial charge on any atom is 0.368 e. The fraction of sp³-hybridized carbons (Fsp3) is 0.512. The smallest absolute Gasteiger partial charge is 0.275 e. The fourth-order valence-electron chi connectivity index (χ4n) is 6.16. The number of carbonyl (C=O) groups is 8. The van der Waals surface area contributed by atoms with E-state index >= 15 is 0 Å². The molecule has 0 aromatic heterocycles. The minimum atomic E-state index is -1.23. The summed E-state index contributed by atoms with van der Waals surface area (Å²) in [4.78, 5) is 119. The van der Waals surface area contributed by atoms with Crippen LogP contribution >= 0.6 is 0 Å². The van der Waals surface area contributed by atoms with Crippen LogP contribution < -0.4 is 4.90 Å². The van der Waals surface area contributed by atoms with Gasteiger partial charge in [-0.05, 0) is 114 Å². The summed E-state index contributed by atoms with van der Waals surface area (Å²) in [5, 5.41) is 9.17. The van der Waals surface area contributed by atoms with E-state index in [1.165, 1.54) is 19.1 Å². The molecule has 1 aromatic rings. The number of amides is 6. The first kappa shape index (κ1) is 47.0. The lowest BCUT2D eigenvalue weighted by atomic mass is 9.84. The summed E-state index contributed by atoms with van der Waals surface area (Å²) in [6.07, 6.45) is 5.17. The third-order valence-electron chi connectivity index (χ3n) is 8.40. The van der Waals surface area contributed by atoms with Gasteiger partial charge in [-0.25, -0.2) is 14.5 Å². The molecule has 1 atom stereocenters. The van der Waals surface area contributed by atoms with Crippen LogP contribution in [0.25, 0.3) is 0 Å². The Labute approximate surface area is 337 Å². The van der Waals surface area contributed by atoms with Crippen molar-refractivity contribution in [2.24, 2.45) is 5.41 Å². The summed E-state index contributed by atoms with van der Waals surface area (Å²) in [6.45, 7) is 19.8. The molecule has 4 rings (SSSR count). The molecule has 6 amide bonds. The molecule has 0 bridgehead atoms. The molecule has 0 spiro atoms. The molecule has 17 nitrogen and oxygen atoms in total. The van der Waals surface area contributed by atoms with Gasteiger partial charge in [0.15, 0.2) is 0 Å². The topological polar surface area (TPSA) is 202 Å². The van der Waals surface area contributed by atoms with Gasteiger partial charge in [-0.3, -0.25) is 48.3 Å². The van der Waals surface area contributed by atoms with Crippen LogP contribution in [0, 0.1) is 5.41 Å². The van der Waals surface area contributed by atoms with E-state index in [2.05, 4.69) is 40.6 Å². The molecule has 0 saturated carbocycles. The molecule has 1 aromatic carbocycles. The lowest BCUT2D eigenvalue weighted by Crippen LogP contribution is -2.46. The summed E-state index contributed by atoms with van der Waals surface area (Å²) >= 11 is 0. The SMILES string of the molecule is CC1=CC(=O)N(CCCCC(C(=O)OOOC(C)(C)C)N2C(=O)C=C(C)C2=O)C1=O.CC1=CC(=O)N(c2ccc(CC(=O)OOOC(C)(C)CC(C)(C)C)cc2)C1=O. The first-order valence-corrected chi connectivity index (χ1v) is 18.7. The number of benzene rings is 1. The van der Waals surface area contributed by atoms with Crippen LogP contribution in [0.2, 0.25) is 0 Å². The molecule has 3 heterocycles. The van der Waals surface area contributed by atoms with Crippen LogP contribution in [-0.2, 0) is 74.4 Å². The second-order valence-corrected chi connectivity index (χ2v) is 16.9. The zero-order chi connectivity index (χ0) is 43.7.